The van der Waals surface area contributed by atoms with Crippen molar-refractivity contribution in [2.45, 2.75) is 26.8 Å². The summed E-state index contributed by atoms with van der Waals surface area (Å²) < 4.78 is 18.6. The monoisotopic (exact) mass is 304 g/mol. The Morgan fingerprint density at radius 1 is 1.32 bits per heavy atom. The highest BCUT2D eigenvalue weighted by Gasteiger charge is 2.06. The maximum absolute atomic E-state index is 13.1. The Kier molecular flexibility index (Phi) is 5.52. The van der Waals surface area contributed by atoms with Gasteiger partial charge in [-0.05, 0) is 38.0 Å². The fourth-order valence-corrected chi connectivity index (χ4v) is 2.01. The Bertz CT molecular complexity index is 632. The number of oxazole rings is 1. The highest BCUT2D eigenvalue weighted by Crippen LogP contribution is 2.07. The largest absolute Gasteiger partial charge is 0.444 e. The smallest absolute Gasteiger partial charge is 0.214 e. The first-order valence-electron chi connectivity index (χ1n) is 7.20. The Hall–Kier alpha value is -2.37. The van der Waals surface area contributed by atoms with E-state index in [1.807, 2.05) is 19.9 Å². The summed E-state index contributed by atoms with van der Waals surface area (Å²) in [5.41, 5.74) is 1.84. The van der Waals surface area contributed by atoms with Crippen LogP contribution in [0.2, 0.25) is 0 Å². The molecule has 2 rings (SSSR count). The van der Waals surface area contributed by atoms with Gasteiger partial charge in [-0.3, -0.25) is 4.99 Å². The van der Waals surface area contributed by atoms with Crippen LogP contribution < -0.4 is 10.6 Å². The molecule has 0 saturated heterocycles. The highest BCUT2D eigenvalue weighted by atomic mass is 19.1. The van der Waals surface area contributed by atoms with E-state index in [2.05, 4.69) is 20.6 Å². The molecule has 2 aromatic rings. The Balaban J connectivity index is 1.78. The van der Waals surface area contributed by atoms with Crippen molar-refractivity contribution in [3.05, 3.63) is 53.0 Å². The van der Waals surface area contributed by atoms with Crippen molar-refractivity contribution >= 4 is 5.96 Å². The van der Waals surface area contributed by atoms with Gasteiger partial charge in [0.1, 0.15) is 11.6 Å². The molecule has 0 spiro atoms. The van der Waals surface area contributed by atoms with Gasteiger partial charge < -0.3 is 15.1 Å². The van der Waals surface area contributed by atoms with E-state index in [0.717, 1.165) is 23.4 Å². The average Bonchev–Trinajstić information content (AvgIpc) is 2.81. The van der Waals surface area contributed by atoms with Gasteiger partial charge in [-0.1, -0.05) is 12.1 Å². The number of rotatable bonds is 5. The van der Waals surface area contributed by atoms with Crippen LogP contribution in [0.1, 0.15) is 22.9 Å². The van der Waals surface area contributed by atoms with Crippen LogP contribution in [0.25, 0.3) is 0 Å². The molecule has 0 radical (unpaired) electrons. The van der Waals surface area contributed by atoms with Gasteiger partial charge in [0.15, 0.2) is 5.96 Å². The van der Waals surface area contributed by atoms with E-state index in [0.29, 0.717) is 24.9 Å². The van der Waals surface area contributed by atoms with Crippen LogP contribution in [-0.2, 0) is 13.0 Å². The zero-order valence-electron chi connectivity index (χ0n) is 13.1. The van der Waals surface area contributed by atoms with Crippen molar-refractivity contribution in [3.63, 3.8) is 0 Å². The normalized spacial score (nSPS) is 11.5. The van der Waals surface area contributed by atoms with E-state index in [1.54, 1.807) is 13.1 Å². The fraction of sp³-hybridized carbons (Fsp3) is 0.375. The molecule has 0 bridgehead atoms. The molecule has 118 valence electrons. The van der Waals surface area contributed by atoms with Crippen molar-refractivity contribution in [2.75, 3.05) is 13.6 Å². The average molecular weight is 304 g/mol. The second-order valence-corrected chi connectivity index (χ2v) is 4.98. The molecule has 22 heavy (non-hydrogen) atoms. The summed E-state index contributed by atoms with van der Waals surface area (Å²) in [5, 5.41) is 6.31. The van der Waals surface area contributed by atoms with E-state index in [9.17, 15) is 4.39 Å². The molecule has 1 aromatic carbocycles. The summed E-state index contributed by atoms with van der Waals surface area (Å²) in [7, 11) is 1.70. The molecule has 0 atom stereocenters. The summed E-state index contributed by atoms with van der Waals surface area (Å²) >= 11 is 0. The summed E-state index contributed by atoms with van der Waals surface area (Å²) in [5.74, 6) is 1.90. The van der Waals surface area contributed by atoms with E-state index in [1.165, 1.54) is 12.1 Å². The summed E-state index contributed by atoms with van der Waals surface area (Å²) in [6.07, 6.45) is 0.718. The molecule has 0 unspecified atom stereocenters. The first-order chi connectivity index (χ1) is 10.6. The standard InChI is InChI=1S/C16H21FN4O/c1-11-12(2)22-15(21-11)10-20-16(18-3)19-8-7-13-5-4-6-14(17)9-13/h4-6,9H,7-8,10H2,1-3H3,(H2,18,19,20). The maximum Gasteiger partial charge on any atom is 0.214 e. The molecule has 0 aliphatic rings. The Morgan fingerprint density at radius 2 is 2.14 bits per heavy atom. The van der Waals surface area contributed by atoms with Crippen LogP contribution in [-0.4, -0.2) is 24.5 Å². The lowest BCUT2D eigenvalue weighted by molar-refractivity contribution is 0.463. The molecule has 0 fully saturated rings. The minimum absolute atomic E-state index is 0.213. The second-order valence-electron chi connectivity index (χ2n) is 4.98. The predicted octanol–water partition coefficient (Wildman–Crippen LogP) is 2.34. The third-order valence-corrected chi connectivity index (χ3v) is 3.30. The van der Waals surface area contributed by atoms with Gasteiger partial charge in [-0.25, -0.2) is 9.37 Å². The van der Waals surface area contributed by atoms with Gasteiger partial charge in [0.05, 0.1) is 12.2 Å². The van der Waals surface area contributed by atoms with Gasteiger partial charge in [0.25, 0.3) is 0 Å². The molecule has 0 aliphatic heterocycles. The molecule has 6 heteroatoms. The lowest BCUT2D eigenvalue weighted by Gasteiger charge is -2.10. The maximum atomic E-state index is 13.1. The van der Waals surface area contributed by atoms with Crippen molar-refractivity contribution < 1.29 is 8.81 Å². The van der Waals surface area contributed by atoms with Crippen molar-refractivity contribution in [3.8, 4) is 0 Å². The van der Waals surface area contributed by atoms with Gasteiger partial charge in [-0.15, -0.1) is 0 Å². The predicted molar refractivity (Wildman–Crippen MR) is 84.3 cm³/mol. The summed E-state index contributed by atoms with van der Waals surface area (Å²) in [6, 6.07) is 6.60. The van der Waals surface area contributed by atoms with Crippen molar-refractivity contribution in [1.82, 2.24) is 15.6 Å². The number of nitrogens with one attached hydrogen (secondary N) is 2. The second kappa shape index (κ2) is 7.59. The van der Waals surface area contributed by atoms with E-state index in [4.69, 9.17) is 4.42 Å². The number of aromatic nitrogens is 1. The van der Waals surface area contributed by atoms with Gasteiger partial charge in [-0.2, -0.15) is 0 Å². The van der Waals surface area contributed by atoms with Crippen LogP contribution in [0.4, 0.5) is 4.39 Å². The number of aliphatic imine (C=N–C) groups is 1. The summed E-state index contributed by atoms with van der Waals surface area (Å²) in [6.45, 7) is 4.92. The topological polar surface area (TPSA) is 62.5 Å². The van der Waals surface area contributed by atoms with Crippen molar-refractivity contribution in [2.24, 2.45) is 4.99 Å². The molecule has 0 aliphatic carbocycles. The van der Waals surface area contributed by atoms with E-state index in [-0.39, 0.29) is 5.82 Å². The molecule has 1 heterocycles. The molecule has 5 nitrogen and oxygen atoms in total. The molecule has 0 saturated carbocycles. The minimum Gasteiger partial charge on any atom is -0.444 e. The summed E-state index contributed by atoms with van der Waals surface area (Å²) in [4.78, 5) is 8.43. The minimum atomic E-state index is -0.213. The van der Waals surface area contributed by atoms with Crippen molar-refractivity contribution in [1.29, 1.82) is 0 Å². The van der Waals surface area contributed by atoms with Crippen LogP contribution >= 0.6 is 0 Å². The molecule has 2 N–H and O–H groups in total. The Morgan fingerprint density at radius 3 is 2.77 bits per heavy atom. The SMILES string of the molecule is CN=C(NCCc1cccc(F)c1)NCc1nc(C)c(C)o1. The van der Waals surface area contributed by atoms with Gasteiger partial charge >= 0.3 is 0 Å². The number of halogens is 1. The number of guanidine groups is 1. The zero-order valence-corrected chi connectivity index (χ0v) is 13.1. The number of benzene rings is 1. The molecule has 1 aromatic heterocycles. The van der Waals surface area contributed by atoms with Crippen LogP contribution in [0.5, 0.6) is 0 Å². The Labute approximate surface area is 129 Å². The van der Waals surface area contributed by atoms with Crippen LogP contribution in [0.3, 0.4) is 0 Å². The number of nitrogens with zero attached hydrogens (tertiary/aromatic N) is 2. The third kappa shape index (κ3) is 4.58. The van der Waals surface area contributed by atoms with Crippen LogP contribution in [0, 0.1) is 19.7 Å². The third-order valence-electron chi connectivity index (χ3n) is 3.30. The number of hydrogen-bond acceptors (Lipinski definition) is 3. The molecular formula is C16H21FN4O. The van der Waals surface area contributed by atoms with E-state index < -0.39 is 0 Å². The first kappa shape index (κ1) is 16.0. The quantitative estimate of drug-likeness (QED) is 0.657. The van der Waals surface area contributed by atoms with Gasteiger partial charge in [0, 0.05) is 13.6 Å². The number of hydrogen-bond donors (Lipinski definition) is 2. The molecular weight excluding hydrogens is 283 g/mol. The zero-order chi connectivity index (χ0) is 15.9. The lowest BCUT2D eigenvalue weighted by Crippen LogP contribution is -2.37. The number of aryl methyl sites for hydroxylation is 2. The highest BCUT2D eigenvalue weighted by molar-refractivity contribution is 5.79. The lowest BCUT2D eigenvalue weighted by atomic mass is 10.1. The van der Waals surface area contributed by atoms with E-state index >= 15 is 0 Å². The fourth-order valence-electron chi connectivity index (χ4n) is 2.01. The van der Waals surface area contributed by atoms with Gasteiger partial charge in [0.2, 0.25) is 5.89 Å². The first-order valence-corrected chi connectivity index (χ1v) is 7.20. The van der Waals surface area contributed by atoms with Crippen LogP contribution in [0.15, 0.2) is 33.7 Å². The molecule has 0 amide bonds.